The normalized spacial score (nSPS) is 14.0. The van der Waals surface area contributed by atoms with Crippen molar-refractivity contribution in [3.05, 3.63) is 94.0 Å². The fourth-order valence-electron chi connectivity index (χ4n) is 4.50. The van der Waals surface area contributed by atoms with E-state index >= 15 is 0 Å². The van der Waals surface area contributed by atoms with E-state index in [1.807, 2.05) is 44.2 Å². The molecular weight excluding hydrogens is 476 g/mol. The predicted octanol–water partition coefficient (Wildman–Crippen LogP) is 6.60. The fourth-order valence-corrected chi connectivity index (χ4v) is 5.05. The maximum Gasteiger partial charge on any atom is 0.262 e. The van der Waals surface area contributed by atoms with Crippen molar-refractivity contribution in [3.8, 4) is 5.75 Å². The fraction of sp³-hybridized carbons (Fsp3) is 0.310. The van der Waals surface area contributed by atoms with Crippen molar-refractivity contribution in [3.63, 3.8) is 0 Å². The Bertz CT molecular complexity index is 1190. The molecule has 0 aromatic heterocycles. The molecule has 35 heavy (non-hydrogen) atoms. The van der Waals surface area contributed by atoms with Gasteiger partial charge in [-0.25, -0.2) is 0 Å². The Morgan fingerprint density at radius 2 is 1.80 bits per heavy atom. The number of carbonyl (C=O) groups is 1. The van der Waals surface area contributed by atoms with Gasteiger partial charge < -0.3 is 15.0 Å². The Hall–Kier alpha value is -2.89. The molecule has 3 aromatic carbocycles. The number of hydrogen-bond donors (Lipinski definition) is 1. The van der Waals surface area contributed by atoms with E-state index in [-0.39, 0.29) is 12.5 Å². The summed E-state index contributed by atoms with van der Waals surface area (Å²) in [5.41, 5.74) is 5.25. The molecule has 0 aliphatic carbocycles. The average Bonchev–Trinajstić information content (AvgIpc) is 2.85. The predicted molar refractivity (Wildman–Crippen MR) is 148 cm³/mol. The number of anilines is 1. The van der Waals surface area contributed by atoms with E-state index in [2.05, 4.69) is 40.5 Å². The summed E-state index contributed by atoms with van der Waals surface area (Å²) in [6.07, 6.45) is 3.37. The summed E-state index contributed by atoms with van der Waals surface area (Å²) in [6.45, 7) is 5.77. The number of piperidine rings is 1. The number of amides is 1. The molecular formula is C29H31ClN2O2S. The monoisotopic (exact) mass is 506 g/mol. The largest absolute Gasteiger partial charge is 0.482 e. The van der Waals surface area contributed by atoms with E-state index in [1.54, 1.807) is 6.07 Å². The molecule has 4 nitrogen and oxygen atoms in total. The first-order valence-electron chi connectivity index (χ1n) is 12.0. The molecule has 3 aromatic rings. The molecule has 182 valence electrons. The lowest BCUT2D eigenvalue weighted by Gasteiger charge is -2.34. The zero-order chi connectivity index (χ0) is 24.8. The minimum atomic E-state index is -0.231. The number of rotatable bonds is 7. The molecule has 0 atom stereocenters. The number of nitrogens with zero attached hydrogens (tertiary/aromatic N) is 1. The van der Waals surface area contributed by atoms with Crippen LogP contribution >= 0.6 is 23.8 Å². The van der Waals surface area contributed by atoms with Crippen molar-refractivity contribution in [1.29, 1.82) is 0 Å². The Morgan fingerprint density at radius 3 is 2.49 bits per heavy atom. The maximum absolute atomic E-state index is 12.4. The quantitative estimate of drug-likeness (QED) is 0.366. The van der Waals surface area contributed by atoms with Gasteiger partial charge >= 0.3 is 0 Å². The van der Waals surface area contributed by atoms with Crippen LogP contribution in [0.1, 0.15) is 35.1 Å². The second-order valence-corrected chi connectivity index (χ2v) is 10.0. The van der Waals surface area contributed by atoms with E-state index < -0.39 is 0 Å². The van der Waals surface area contributed by atoms with Gasteiger partial charge in [0.15, 0.2) is 6.61 Å². The SMILES string of the molecule is Cc1ccc(NC(=O)COc2ccc(C(=S)N3CCC(Cc4ccccc4)CC3)cc2Cl)c(C)c1. The Labute approximate surface area is 218 Å². The van der Waals surface area contributed by atoms with Crippen molar-refractivity contribution >= 4 is 40.4 Å². The van der Waals surface area contributed by atoms with Gasteiger partial charge in [-0.3, -0.25) is 4.79 Å². The molecule has 0 saturated carbocycles. The van der Waals surface area contributed by atoms with Crippen LogP contribution in [0.3, 0.4) is 0 Å². The van der Waals surface area contributed by atoms with Crippen molar-refractivity contribution in [2.24, 2.45) is 5.92 Å². The van der Waals surface area contributed by atoms with Crippen LogP contribution in [0.15, 0.2) is 66.7 Å². The van der Waals surface area contributed by atoms with Crippen molar-refractivity contribution in [2.75, 3.05) is 25.0 Å². The minimum absolute atomic E-state index is 0.119. The van der Waals surface area contributed by atoms with Crippen LogP contribution in [0.4, 0.5) is 5.69 Å². The second-order valence-electron chi connectivity index (χ2n) is 9.23. The highest BCUT2D eigenvalue weighted by Crippen LogP contribution is 2.28. The van der Waals surface area contributed by atoms with Gasteiger partial charge in [-0.1, -0.05) is 71.8 Å². The van der Waals surface area contributed by atoms with Gasteiger partial charge in [0.1, 0.15) is 10.7 Å². The summed E-state index contributed by atoms with van der Waals surface area (Å²) >= 11 is 12.3. The summed E-state index contributed by atoms with van der Waals surface area (Å²) in [4.78, 5) is 15.4. The molecule has 6 heteroatoms. The van der Waals surface area contributed by atoms with Crippen LogP contribution in [0.2, 0.25) is 5.02 Å². The Morgan fingerprint density at radius 1 is 1.06 bits per heavy atom. The molecule has 1 saturated heterocycles. The van der Waals surface area contributed by atoms with E-state index in [4.69, 9.17) is 28.6 Å². The number of nitrogens with one attached hydrogen (secondary N) is 1. The van der Waals surface area contributed by atoms with E-state index in [9.17, 15) is 4.79 Å². The third kappa shape index (κ3) is 6.83. The highest BCUT2D eigenvalue weighted by molar-refractivity contribution is 7.80. The standard InChI is InChI=1S/C29H31ClN2O2S/c1-20-8-10-26(21(2)16-20)31-28(33)19-34-27-11-9-24(18-25(27)30)29(35)32-14-12-23(13-15-32)17-22-6-4-3-5-7-22/h3-11,16,18,23H,12-15,17,19H2,1-2H3,(H,31,33). The van der Waals surface area contributed by atoms with Gasteiger partial charge in [-0.15, -0.1) is 0 Å². The van der Waals surface area contributed by atoms with E-state index in [1.165, 1.54) is 5.56 Å². The van der Waals surface area contributed by atoms with Crippen LogP contribution in [-0.2, 0) is 11.2 Å². The second kappa shape index (κ2) is 11.7. The third-order valence-electron chi connectivity index (χ3n) is 6.46. The number of aryl methyl sites for hydroxylation is 2. The van der Waals surface area contributed by atoms with Crippen LogP contribution in [-0.4, -0.2) is 35.5 Å². The zero-order valence-corrected chi connectivity index (χ0v) is 21.8. The van der Waals surface area contributed by atoms with E-state index in [0.717, 1.165) is 59.7 Å². The van der Waals surface area contributed by atoms with Crippen molar-refractivity contribution < 1.29 is 9.53 Å². The first-order chi connectivity index (χ1) is 16.9. The van der Waals surface area contributed by atoms with Crippen LogP contribution in [0.5, 0.6) is 5.75 Å². The lowest BCUT2D eigenvalue weighted by atomic mass is 9.90. The Kier molecular flexibility index (Phi) is 8.42. The highest BCUT2D eigenvalue weighted by Gasteiger charge is 2.22. The summed E-state index contributed by atoms with van der Waals surface area (Å²) in [5.74, 6) is 0.923. The van der Waals surface area contributed by atoms with Crippen molar-refractivity contribution in [2.45, 2.75) is 33.1 Å². The van der Waals surface area contributed by atoms with Gasteiger partial charge in [-0.05, 0) is 74.4 Å². The molecule has 1 aliphatic heterocycles. The summed E-state index contributed by atoms with van der Waals surface area (Å²) in [6, 6.07) is 22.1. The maximum atomic E-state index is 12.4. The summed E-state index contributed by atoms with van der Waals surface area (Å²) in [5, 5.41) is 3.33. The van der Waals surface area contributed by atoms with Gasteiger partial charge in [0.25, 0.3) is 5.91 Å². The van der Waals surface area contributed by atoms with Crippen molar-refractivity contribution in [1.82, 2.24) is 4.90 Å². The number of hydrogen-bond acceptors (Lipinski definition) is 3. The molecule has 1 aliphatic rings. The van der Waals surface area contributed by atoms with Gasteiger partial charge in [0, 0.05) is 24.3 Å². The first kappa shape index (κ1) is 25.2. The molecule has 0 radical (unpaired) electrons. The minimum Gasteiger partial charge on any atom is -0.482 e. The number of halogens is 1. The van der Waals surface area contributed by atoms with Gasteiger partial charge in [0.2, 0.25) is 0 Å². The summed E-state index contributed by atoms with van der Waals surface area (Å²) in [7, 11) is 0. The van der Waals surface area contributed by atoms with E-state index in [0.29, 0.717) is 16.7 Å². The topological polar surface area (TPSA) is 41.6 Å². The molecule has 4 rings (SSSR count). The number of ether oxygens (including phenoxy) is 1. The molecule has 1 heterocycles. The first-order valence-corrected chi connectivity index (χ1v) is 12.8. The summed E-state index contributed by atoms with van der Waals surface area (Å²) < 4.78 is 5.68. The molecule has 0 bridgehead atoms. The molecule has 1 amide bonds. The molecule has 0 spiro atoms. The van der Waals surface area contributed by atoms with Crippen LogP contribution in [0.25, 0.3) is 0 Å². The molecule has 0 unspecified atom stereocenters. The number of carbonyl (C=O) groups excluding carboxylic acids is 1. The van der Waals surface area contributed by atoms with Crippen LogP contribution in [0, 0.1) is 19.8 Å². The lowest BCUT2D eigenvalue weighted by molar-refractivity contribution is -0.118. The smallest absolute Gasteiger partial charge is 0.262 e. The van der Waals surface area contributed by atoms with Crippen LogP contribution < -0.4 is 10.1 Å². The number of likely N-dealkylation sites (tertiary alicyclic amines) is 1. The molecule has 1 N–H and O–H groups in total. The lowest BCUT2D eigenvalue weighted by Crippen LogP contribution is -2.38. The zero-order valence-electron chi connectivity index (χ0n) is 20.2. The highest BCUT2D eigenvalue weighted by atomic mass is 35.5. The Balaban J connectivity index is 1.28. The van der Waals surface area contributed by atoms with Gasteiger partial charge in [0.05, 0.1) is 5.02 Å². The number of benzene rings is 3. The van der Waals surface area contributed by atoms with Gasteiger partial charge in [-0.2, -0.15) is 0 Å². The average molecular weight is 507 g/mol. The number of thiocarbonyl (C=S) groups is 1. The third-order valence-corrected chi connectivity index (χ3v) is 7.25. The molecule has 1 fully saturated rings.